The smallest absolute Gasteiger partial charge is 0.320 e. The molecule has 1 atom stereocenters. The van der Waals surface area contributed by atoms with Crippen LogP contribution in [0.5, 0.6) is 0 Å². The minimum absolute atomic E-state index is 0. The van der Waals surface area contributed by atoms with Crippen molar-refractivity contribution in [1.29, 1.82) is 0 Å². The van der Waals surface area contributed by atoms with E-state index in [-0.39, 0.29) is 29.3 Å². The average Bonchev–Trinajstić information content (AvgIpc) is 1.82. The summed E-state index contributed by atoms with van der Waals surface area (Å²) in [5, 5.41) is 16.3. The molecule has 5 nitrogen and oxygen atoms in total. The summed E-state index contributed by atoms with van der Waals surface area (Å²) in [7, 11) is 0. The quantitative estimate of drug-likeness (QED) is 0.525. The molecule has 0 rings (SSSR count). The molecule has 0 heterocycles. The van der Waals surface area contributed by atoms with E-state index in [9.17, 15) is 9.59 Å². The Balaban J connectivity index is 0. The second-order valence-electron chi connectivity index (χ2n) is 1.88. The van der Waals surface area contributed by atoms with Crippen molar-refractivity contribution in [3.8, 4) is 0 Å². The number of rotatable bonds is 4. The first-order valence-electron chi connectivity index (χ1n) is 2.74. The molecule has 11 heavy (non-hydrogen) atoms. The fraction of sp³-hybridized carbons (Fsp3) is 0.600. The van der Waals surface area contributed by atoms with Crippen LogP contribution in [0, 0.1) is 0 Å². The Hall–Kier alpha value is -0.606. The van der Waals surface area contributed by atoms with Crippen molar-refractivity contribution >= 4 is 11.9 Å². The molecule has 0 saturated heterocycles. The number of aliphatic carboxylic acids is 2. The zero-order valence-electron chi connectivity index (χ0n) is 5.60. The topological polar surface area (TPSA) is 101 Å². The molecule has 4 N–H and O–H groups in total. The summed E-state index contributed by atoms with van der Waals surface area (Å²) >= 11 is 0. The molecule has 0 spiro atoms. The van der Waals surface area contributed by atoms with Gasteiger partial charge in [-0.3, -0.25) is 9.59 Å². The van der Waals surface area contributed by atoms with Gasteiger partial charge in [-0.1, -0.05) is 0 Å². The molecule has 0 saturated carbocycles. The molecule has 0 aliphatic heterocycles. The summed E-state index contributed by atoms with van der Waals surface area (Å²) in [6.45, 7) is 0. The maximum absolute atomic E-state index is 9.99. The number of hydrogen-bond donors (Lipinski definition) is 3. The van der Waals surface area contributed by atoms with Gasteiger partial charge in [0.2, 0.25) is 0 Å². The fourth-order valence-corrected chi connectivity index (χ4v) is 0.402. The van der Waals surface area contributed by atoms with Crippen molar-refractivity contribution in [2.45, 2.75) is 18.9 Å². The van der Waals surface area contributed by atoms with Gasteiger partial charge < -0.3 is 15.9 Å². The molecule has 68 valence electrons. The van der Waals surface area contributed by atoms with Crippen LogP contribution in [0.1, 0.15) is 12.8 Å². The first kappa shape index (κ1) is 13.0. The molecule has 0 aromatic heterocycles. The second-order valence-corrected chi connectivity index (χ2v) is 1.88. The predicted molar refractivity (Wildman–Crippen MR) is 32.5 cm³/mol. The molecule has 0 aromatic carbocycles. The maximum Gasteiger partial charge on any atom is 0.320 e. The average molecular weight is 206 g/mol. The van der Waals surface area contributed by atoms with Crippen LogP contribution in [-0.2, 0) is 26.1 Å². The van der Waals surface area contributed by atoms with Crippen LogP contribution < -0.4 is 5.73 Å². The summed E-state index contributed by atoms with van der Waals surface area (Å²) in [5.41, 5.74) is 5.00. The van der Waals surface area contributed by atoms with Gasteiger partial charge in [-0.25, -0.2) is 0 Å². The molecular formula is C5H9NNiO4. The standard InChI is InChI=1S/C5H9NO4.Ni/c6-3(5(9)10)1-2-4(7)8;/h3H,1-2,6H2,(H,7,8)(H,9,10);. The maximum atomic E-state index is 9.99. The van der Waals surface area contributed by atoms with Gasteiger partial charge in [0.25, 0.3) is 0 Å². The summed E-state index contributed by atoms with van der Waals surface area (Å²) in [6.07, 6.45) is -0.224. The predicted octanol–water partition coefficient (Wildman–Crippen LogP) is -0.739. The van der Waals surface area contributed by atoms with Gasteiger partial charge >= 0.3 is 11.9 Å². The van der Waals surface area contributed by atoms with Gasteiger partial charge in [0.15, 0.2) is 0 Å². The van der Waals surface area contributed by atoms with Crippen molar-refractivity contribution in [3.05, 3.63) is 0 Å². The molecule has 0 bridgehead atoms. The SMILES string of the molecule is NC(CCC(=O)O)C(=O)O.[Ni]. The number of carboxylic acid groups (broad SMARTS) is 2. The van der Waals surface area contributed by atoms with E-state index < -0.39 is 18.0 Å². The third-order valence-corrected chi connectivity index (χ3v) is 0.986. The molecule has 0 amide bonds. The first-order valence-corrected chi connectivity index (χ1v) is 2.74. The van der Waals surface area contributed by atoms with Crippen molar-refractivity contribution < 1.29 is 36.3 Å². The van der Waals surface area contributed by atoms with Crippen LogP contribution in [0.25, 0.3) is 0 Å². The number of hydrogen-bond acceptors (Lipinski definition) is 3. The van der Waals surface area contributed by atoms with E-state index in [0.29, 0.717) is 0 Å². The van der Waals surface area contributed by atoms with E-state index >= 15 is 0 Å². The third kappa shape index (κ3) is 7.29. The van der Waals surface area contributed by atoms with Gasteiger partial charge in [-0.05, 0) is 6.42 Å². The van der Waals surface area contributed by atoms with Crippen molar-refractivity contribution in [3.63, 3.8) is 0 Å². The van der Waals surface area contributed by atoms with Gasteiger partial charge in [0.05, 0.1) is 0 Å². The van der Waals surface area contributed by atoms with E-state index in [4.69, 9.17) is 15.9 Å². The van der Waals surface area contributed by atoms with Gasteiger partial charge in [-0.2, -0.15) is 0 Å². The van der Waals surface area contributed by atoms with Gasteiger partial charge in [0.1, 0.15) is 6.04 Å². The van der Waals surface area contributed by atoms with Crippen molar-refractivity contribution in [2.75, 3.05) is 0 Å². The Labute approximate surface area is 73.5 Å². The van der Waals surface area contributed by atoms with E-state index in [1.54, 1.807) is 0 Å². The molecule has 0 radical (unpaired) electrons. The molecule has 0 aliphatic carbocycles. The van der Waals surface area contributed by atoms with Crippen LogP contribution >= 0.6 is 0 Å². The van der Waals surface area contributed by atoms with E-state index in [0.717, 1.165) is 0 Å². The molecule has 0 aromatic rings. The summed E-state index contributed by atoms with van der Waals surface area (Å²) < 4.78 is 0. The summed E-state index contributed by atoms with van der Waals surface area (Å²) in [4.78, 5) is 19.9. The normalized spacial score (nSPS) is 11.4. The minimum Gasteiger partial charge on any atom is -0.481 e. The van der Waals surface area contributed by atoms with Crippen LogP contribution in [-0.4, -0.2) is 28.2 Å². The van der Waals surface area contributed by atoms with E-state index in [1.165, 1.54) is 0 Å². The Kier molecular flexibility index (Phi) is 7.25. The molecule has 0 aliphatic rings. The van der Waals surface area contributed by atoms with Crippen LogP contribution in [0.15, 0.2) is 0 Å². The second kappa shape index (κ2) is 6.13. The Morgan fingerprint density at radius 1 is 1.36 bits per heavy atom. The van der Waals surface area contributed by atoms with Crippen LogP contribution in [0.3, 0.4) is 0 Å². The Morgan fingerprint density at radius 2 is 1.82 bits per heavy atom. The Morgan fingerprint density at radius 3 is 2.09 bits per heavy atom. The summed E-state index contributed by atoms with van der Waals surface area (Å²) in [6, 6.07) is -1.06. The van der Waals surface area contributed by atoms with Gasteiger partial charge in [0, 0.05) is 22.9 Å². The monoisotopic (exact) mass is 205 g/mol. The third-order valence-electron chi connectivity index (χ3n) is 0.986. The number of carbonyl (C=O) groups is 2. The number of carboxylic acids is 2. The van der Waals surface area contributed by atoms with E-state index in [2.05, 4.69) is 0 Å². The fourth-order valence-electron chi connectivity index (χ4n) is 0.402. The van der Waals surface area contributed by atoms with E-state index in [1.807, 2.05) is 0 Å². The molecular weight excluding hydrogens is 197 g/mol. The zero-order valence-corrected chi connectivity index (χ0v) is 6.58. The minimum atomic E-state index is -1.17. The van der Waals surface area contributed by atoms with Crippen molar-refractivity contribution in [2.24, 2.45) is 5.73 Å². The zero-order chi connectivity index (χ0) is 8.15. The largest absolute Gasteiger partial charge is 0.481 e. The van der Waals surface area contributed by atoms with Crippen LogP contribution in [0.4, 0.5) is 0 Å². The van der Waals surface area contributed by atoms with Crippen molar-refractivity contribution in [1.82, 2.24) is 0 Å². The Bertz CT molecular complexity index is 149. The van der Waals surface area contributed by atoms with Crippen LogP contribution in [0.2, 0.25) is 0 Å². The van der Waals surface area contributed by atoms with Gasteiger partial charge in [-0.15, -0.1) is 0 Å². The molecule has 0 fully saturated rings. The number of nitrogens with two attached hydrogens (primary N) is 1. The first-order chi connectivity index (χ1) is 4.54. The molecule has 1 unspecified atom stereocenters. The molecule has 6 heteroatoms. The summed E-state index contributed by atoms with van der Waals surface area (Å²) in [5.74, 6) is -2.20.